The number of para-hydroxylation sites is 3. The lowest BCUT2D eigenvalue weighted by molar-refractivity contribution is -0.139. The zero-order chi connectivity index (χ0) is 24.5. The van der Waals surface area contributed by atoms with Gasteiger partial charge in [0.2, 0.25) is 0 Å². The van der Waals surface area contributed by atoms with Crippen molar-refractivity contribution in [3.8, 4) is 5.75 Å². The van der Waals surface area contributed by atoms with Gasteiger partial charge < -0.3 is 14.5 Å². The maximum absolute atomic E-state index is 13.6. The molecule has 0 spiro atoms. The van der Waals surface area contributed by atoms with Crippen molar-refractivity contribution in [2.24, 2.45) is 0 Å². The zero-order valence-electron chi connectivity index (χ0n) is 19.9. The number of ether oxygens (including phenoxy) is 1. The van der Waals surface area contributed by atoms with E-state index in [4.69, 9.17) is 4.74 Å². The molecule has 3 aromatic carbocycles. The van der Waals surface area contributed by atoms with Gasteiger partial charge in [-0.3, -0.25) is 9.59 Å². The van der Waals surface area contributed by atoms with E-state index in [1.54, 1.807) is 4.90 Å². The van der Waals surface area contributed by atoms with E-state index in [2.05, 4.69) is 10.3 Å². The number of benzene rings is 3. The number of amides is 2. The summed E-state index contributed by atoms with van der Waals surface area (Å²) < 4.78 is 7.92. The molecule has 2 aliphatic rings. The van der Waals surface area contributed by atoms with Gasteiger partial charge in [0.15, 0.2) is 6.10 Å². The van der Waals surface area contributed by atoms with Crippen molar-refractivity contribution >= 4 is 28.5 Å². The largest absolute Gasteiger partial charge is 0.476 e. The van der Waals surface area contributed by atoms with E-state index in [-0.39, 0.29) is 18.4 Å². The number of anilines is 1. The molecule has 1 aromatic heterocycles. The fourth-order valence-electron chi connectivity index (χ4n) is 4.99. The first kappa shape index (κ1) is 22.3. The van der Waals surface area contributed by atoms with Crippen molar-refractivity contribution in [3.63, 3.8) is 0 Å². The Bertz CT molecular complexity index is 1410. The van der Waals surface area contributed by atoms with Crippen LogP contribution >= 0.6 is 0 Å². The van der Waals surface area contributed by atoms with Crippen molar-refractivity contribution in [2.45, 2.75) is 31.9 Å². The lowest BCUT2D eigenvalue weighted by atomic mass is 10.1. The Morgan fingerprint density at radius 2 is 1.64 bits per heavy atom. The van der Waals surface area contributed by atoms with Crippen LogP contribution in [0, 0.1) is 0 Å². The van der Waals surface area contributed by atoms with Crippen molar-refractivity contribution in [1.82, 2.24) is 19.9 Å². The number of rotatable bonds is 4. The van der Waals surface area contributed by atoms with Crippen LogP contribution in [0.3, 0.4) is 0 Å². The molecule has 2 amide bonds. The van der Waals surface area contributed by atoms with E-state index in [1.165, 1.54) is 0 Å². The molecule has 6 rings (SSSR count). The van der Waals surface area contributed by atoms with Gasteiger partial charge >= 0.3 is 0 Å². The van der Waals surface area contributed by atoms with Crippen LogP contribution in [-0.4, -0.2) is 57.4 Å². The minimum absolute atomic E-state index is 0.0441. The maximum Gasteiger partial charge on any atom is 0.265 e. The highest BCUT2D eigenvalue weighted by atomic mass is 16.5. The molecule has 3 heterocycles. The van der Waals surface area contributed by atoms with Crippen LogP contribution in [0.15, 0.2) is 72.8 Å². The molecule has 2 aliphatic heterocycles. The van der Waals surface area contributed by atoms with Crippen LogP contribution in [0.4, 0.5) is 5.69 Å². The van der Waals surface area contributed by atoms with Crippen molar-refractivity contribution in [3.05, 3.63) is 83.9 Å². The summed E-state index contributed by atoms with van der Waals surface area (Å²) in [5.41, 5.74) is 4.07. The van der Waals surface area contributed by atoms with Crippen LogP contribution in [0.5, 0.6) is 5.75 Å². The van der Waals surface area contributed by atoms with Crippen molar-refractivity contribution in [1.29, 1.82) is 0 Å². The Kier molecular flexibility index (Phi) is 5.85. The smallest absolute Gasteiger partial charge is 0.265 e. The highest BCUT2D eigenvalue weighted by molar-refractivity contribution is 6.08. The molecule has 0 unspecified atom stereocenters. The van der Waals surface area contributed by atoms with Crippen molar-refractivity contribution in [2.75, 3.05) is 24.5 Å². The minimum Gasteiger partial charge on any atom is -0.476 e. The third kappa shape index (κ3) is 4.19. The van der Waals surface area contributed by atoms with Gasteiger partial charge in [0.05, 0.1) is 24.3 Å². The number of nitrogens with zero attached hydrogens (tertiary/aromatic N) is 5. The normalized spacial score (nSPS) is 17.5. The molecule has 4 aromatic rings. The number of hydrogen-bond acceptors (Lipinski definition) is 5. The molecule has 8 nitrogen and oxygen atoms in total. The first-order valence-electron chi connectivity index (χ1n) is 12.4. The number of aromatic nitrogens is 3. The molecule has 1 saturated heterocycles. The monoisotopic (exact) mass is 481 g/mol. The second-order valence-corrected chi connectivity index (χ2v) is 9.31. The van der Waals surface area contributed by atoms with E-state index in [9.17, 15) is 9.59 Å². The highest BCUT2D eigenvalue weighted by Crippen LogP contribution is 2.34. The number of likely N-dealkylation sites (tertiary alicyclic amines) is 1. The van der Waals surface area contributed by atoms with Crippen LogP contribution in [0.25, 0.3) is 11.0 Å². The molecular weight excluding hydrogens is 454 g/mol. The summed E-state index contributed by atoms with van der Waals surface area (Å²) in [6.45, 7) is 2.24. The van der Waals surface area contributed by atoms with Gasteiger partial charge in [-0.2, -0.15) is 0 Å². The summed E-state index contributed by atoms with van der Waals surface area (Å²) in [6.07, 6.45) is 2.45. The van der Waals surface area contributed by atoms with Crippen LogP contribution in [0.1, 0.15) is 35.2 Å². The molecule has 0 bridgehead atoms. The first-order valence-corrected chi connectivity index (χ1v) is 12.4. The summed E-state index contributed by atoms with van der Waals surface area (Å²) in [7, 11) is 0. The van der Waals surface area contributed by atoms with E-state index in [0.29, 0.717) is 23.5 Å². The van der Waals surface area contributed by atoms with E-state index in [0.717, 1.165) is 48.9 Å². The molecule has 0 radical (unpaired) electrons. The topological polar surface area (TPSA) is 80.6 Å². The average molecular weight is 482 g/mol. The second kappa shape index (κ2) is 9.45. The summed E-state index contributed by atoms with van der Waals surface area (Å²) in [5, 5.41) is 8.46. The van der Waals surface area contributed by atoms with Crippen LogP contribution < -0.4 is 9.64 Å². The second-order valence-electron chi connectivity index (χ2n) is 9.31. The fourth-order valence-corrected chi connectivity index (χ4v) is 4.99. The maximum atomic E-state index is 13.6. The molecule has 182 valence electrons. The predicted molar refractivity (Wildman–Crippen MR) is 136 cm³/mol. The summed E-state index contributed by atoms with van der Waals surface area (Å²) in [4.78, 5) is 30.4. The summed E-state index contributed by atoms with van der Waals surface area (Å²) in [6, 6.07) is 22.8. The molecule has 1 fully saturated rings. The highest BCUT2D eigenvalue weighted by Gasteiger charge is 2.36. The Labute approximate surface area is 209 Å². The van der Waals surface area contributed by atoms with E-state index >= 15 is 0 Å². The van der Waals surface area contributed by atoms with Gasteiger partial charge in [0, 0.05) is 18.7 Å². The third-order valence-corrected chi connectivity index (χ3v) is 6.92. The SMILES string of the molecule is O=C([C@@H]1CN(C(=O)c2ccc(Cn3nnc4ccccc43)cc2)c2ccccc2O1)N1CCCCC1. The lowest BCUT2D eigenvalue weighted by Gasteiger charge is -2.37. The van der Waals surface area contributed by atoms with Crippen LogP contribution in [-0.2, 0) is 11.3 Å². The van der Waals surface area contributed by atoms with Gasteiger partial charge in [-0.05, 0) is 61.2 Å². The van der Waals surface area contributed by atoms with Gasteiger partial charge in [0.1, 0.15) is 11.3 Å². The quantitative estimate of drug-likeness (QED) is 0.442. The number of carbonyl (C=O) groups excluding carboxylic acids is 2. The fraction of sp³-hybridized carbons (Fsp3) is 0.286. The van der Waals surface area contributed by atoms with E-state index in [1.807, 2.05) is 82.4 Å². The lowest BCUT2D eigenvalue weighted by Crippen LogP contribution is -2.52. The molecule has 36 heavy (non-hydrogen) atoms. The number of fused-ring (bicyclic) bond motifs is 2. The number of hydrogen-bond donors (Lipinski definition) is 0. The molecule has 8 heteroatoms. The minimum atomic E-state index is -0.707. The first-order chi connectivity index (χ1) is 17.7. The van der Waals surface area contributed by atoms with E-state index < -0.39 is 6.10 Å². The van der Waals surface area contributed by atoms with Gasteiger partial charge in [-0.1, -0.05) is 41.6 Å². The summed E-state index contributed by atoms with van der Waals surface area (Å²) >= 11 is 0. The molecule has 0 aliphatic carbocycles. The average Bonchev–Trinajstić information content (AvgIpc) is 3.35. The molecular formula is C28H27N5O3. The van der Waals surface area contributed by atoms with Crippen LogP contribution in [0.2, 0.25) is 0 Å². The van der Waals surface area contributed by atoms with Gasteiger partial charge in [-0.25, -0.2) is 4.68 Å². The molecule has 1 atom stereocenters. The predicted octanol–water partition coefficient (Wildman–Crippen LogP) is 3.90. The Morgan fingerprint density at radius 1 is 0.889 bits per heavy atom. The molecule has 0 N–H and O–H groups in total. The third-order valence-electron chi connectivity index (χ3n) is 6.92. The number of carbonyl (C=O) groups is 2. The number of piperidine rings is 1. The molecule has 0 saturated carbocycles. The van der Waals surface area contributed by atoms with Gasteiger partial charge in [0.25, 0.3) is 11.8 Å². The Morgan fingerprint density at radius 3 is 2.47 bits per heavy atom. The zero-order valence-corrected chi connectivity index (χ0v) is 19.9. The Hall–Kier alpha value is -4.20. The standard InChI is InChI=1S/C28H27N5O3/c34-27(21-14-12-20(13-15-21)18-33-23-9-3-2-8-22(23)29-30-33)32-19-26(28(35)31-16-6-1-7-17-31)36-25-11-5-4-10-24(25)32/h2-5,8-15,26H,1,6-7,16-19H2/t26-/m0/s1. The summed E-state index contributed by atoms with van der Waals surface area (Å²) in [5.74, 6) is 0.361. The van der Waals surface area contributed by atoms with Crippen molar-refractivity contribution < 1.29 is 14.3 Å². The Balaban J connectivity index is 1.22. The van der Waals surface area contributed by atoms with Gasteiger partial charge in [-0.15, -0.1) is 5.10 Å².